The van der Waals surface area contributed by atoms with Crippen LogP contribution in [-0.2, 0) is 38.7 Å². The lowest BCUT2D eigenvalue weighted by Crippen LogP contribution is -2.43. The SMILES string of the molecule is O=C(Cc1ccc(N2C(=O)Cc3cc4c(cc3C2=O)CCN4)nc1)CS(=O)(=O)c1ccc(F)s1. The standard InChI is InChI=1S/C23H18FN3O5S2/c24-19-2-4-22(33-19)34(31,32)12-16(28)7-13-1-3-20(26-11-13)27-21(29)10-15-9-18-14(5-6-25-18)8-17(15)23(27)30/h1-4,8-9,11,25H,5-7,10,12H2. The van der Waals surface area contributed by atoms with Crippen LogP contribution in [0.5, 0.6) is 0 Å². The van der Waals surface area contributed by atoms with Gasteiger partial charge in [0.1, 0.15) is 15.8 Å². The van der Waals surface area contributed by atoms with Crippen LogP contribution in [0.4, 0.5) is 15.9 Å². The van der Waals surface area contributed by atoms with Crippen molar-refractivity contribution in [2.45, 2.75) is 23.5 Å². The molecule has 2 aliphatic heterocycles. The van der Waals surface area contributed by atoms with Crippen molar-refractivity contribution in [2.24, 2.45) is 0 Å². The minimum atomic E-state index is -3.92. The van der Waals surface area contributed by atoms with Crippen LogP contribution in [0.15, 0.2) is 46.8 Å². The monoisotopic (exact) mass is 499 g/mol. The van der Waals surface area contributed by atoms with E-state index in [1.807, 2.05) is 12.1 Å². The van der Waals surface area contributed by atoms with Crippen molar-refractivity contribution in [3.8, 4) is 0 Å². The van der Waals surface area contributed by atoms with Crippen LogP contribution in [0.25, 0.3) is 0 Å². The fraction of sp³-hybridized carbons (Fsp3) is 0.217. The fourth-order valence-electron chi connectivity index (χ4n) is 4.13. The number of pyridine rings is 1. The highest BCUT2D eigenvalue weighted by Crippen LogP contribution is 2.31. The van der Waals surface area contributed by atoms with Crippen LogP contribution in [0, 0.1) is 5.13 Å². The van der Waals surface area contributed by atoms with Gasteiger partial charge in [-0.3, -0.25) is 14.4 Å². The number of carbonyl (C=O) groups excluding carboxylic acids is 3. The number of aromatic nitrogens is 1. The van der Waals surface area contributed by atoms with Gasteiger partial charge in [-0.2, -0.15) is 4.39 Å². The Balaban J connectivity index is 1.31. The predicted octanol–water partition coefficient (Wildman–Crippen LogP) is 2.57. The number of amides is 2. The van der Waals surface area contributed by atoms with E-state index in [9.17, 15) is 27.2 Å². The minimum absolute atomic E-state index is 0.0686. The highest BCUT2D eigenvalue weighted by Gasteiger charge is 2.34. The molecule has 0 saturated heterocycles. The van der Waals surface area contributed by atoms with Gasteiger partial charge in [0.15, 0.2) is 20.8 Å². The smallest absolute Gasteiger partial charge is 0.266 e. The number of sulfone groups is 1. The maximum Gasteiger partial charge on any atom is 0.266 e. The topological polar surface area (TPSA) is 114 Å². The Morgan fingerprint density at radius 3 is 2.68 bits per heavy atom. The Bertz CT molecular complexity index is 1450. The molecular weight excluding hydrogens is 481 g/mol. The van der Waals surface area contributed by atoms with Crippen molar-refractivity contribution in [1.29, 1.82) is 0 Å². The van der Waals surface area contributed by atoms with Crippen LogP contribution >= 0.6 is 11.3 Å². The molecule has 2 amide bonds. The molecular formula is C23H18FN3O5S2. The zero-order valence-electron chi connectivity index (χ0n) is 17.7. The number of rotatable bonds is 6. The summed E-state index contributed by atoms with van der Waals surface area (Å²) in [4.78, 5) is 43.3. The van der Waals surface area contributed by atoms with E-state index in [0.29, 0.717) is 28.0 Å². The van der Waals surface area contributed by atoms with Gasteiger partial charge in [-0.25, -0.2) is 18.3 Å². The van der Waals surface area contributed by atoms with E-state index in [1.165, 1.54) is 18.3 Å². The number of nitrogens with zero attached hydrogens (tertiary/aromatic N) is 2. The van der Waals surface area contributed by atoms with Crippen molar-refractivity contribution in [2.75, 3.05) is 22.5 Å². The first-order valence-corrected chi connectivity index (χ1v) is 12.9. The molecule has 1 N–H and O–H groups in total. The van der Waals surface area contributed by atoms with Gasteiger partial charge < -0.3 is 5.32 Å². The first-order chi connectivity index (χ1) is 16.2. The molecule has 2 aliphatic rings. The quantitative estimate of drug-likeness (QED) is 0.519. The number of fused-ring (bicyclic) bond motifs is 2. The van der Waals surface area contributed by atoms with Gasteiger partial charge in [-0.15, -0.1) is 0 Å². The number of nitrogens with one attached hydrogen (secondary N) is 1. The van der Waals surface area contributed by atoms with Gasteiger partial charge in [-0.05, 0) is 53.4 Å². The lowest BCUT2D eigenvalue weighted by Gasteiger charge is -2.26. The second-order valence-electron chi connectivity index (χ2n) is 8.11. The molecule has 0 saturated carbocycles. The van der Waals surface area contributed by atoms with Gasteiger partial charge in [0.2, 0.25) is 5.91 Å². The third kappa shape index (κ3) is 4.12. The van der Waals surface area contributed by atoms with E-state index in [4.69, 9.17) is 0 Å². The highest BCUT2D eigenvalue weighted by molar-refractivity contribution is 7.94. The molecule has 0 unspecified atom stereocenters. The molecule has 0 aliphatic carbocycles. The summed E-state index contributed by atoms with van der Waals surface area (Å²) in [5, 5.41) is 2.60. The van der Waals surface area contributed by atoms with Crippen LogP contribution < -0.4 is 10.2 Å². The van der Waals surface area contributed by atoms with Gasteiger partial charge in [0, 0.05) is 30.4 Å². The fourth-order valence-corrected chi connectivity index (χ4v) is 6.46. The molecule has 34 heavy (non-hydrogen) atoms. The van der Waals surface area contributed by atoms with E-state index in [2.05, 4.69) is 10.3 Å². The van der Waals surface area contributed by atoms with E-state index in [0.717, 1.165) is 41.2 Å². The van der Waals surface area contributed by atoms with Crippen LogP contribution in [-0.4, -0.2) is 43.3 Å². The van der Waals surface area contributed by atoms with Gasteiger partial charge in [0.25, 0.3) is 5.91 Å². The number of carbonyl (C=O) groups is 3. The molecule has 2 aromatic heterocycles. The summed E-state index contributed by atoms with van der Waals surface area (Å²) in [5.74, 6) is -2.05. The van der Waals surface area contributed by atoms with Crippen LogP contribution in [0.3, 0.4) is 0 Å². The Morgan fingerprint density at radius 1 is 1.15 bits per heavy atom. The van der Waals surface area contributed by atoms with Crippen molar-refractivity contribution in [1.82, 2.24) is 4.98 Å². The summed E-state index contributed by atoms with van der Waals surface area (Å²) in [6.07, 6.45) is 2.01. The number of thiophene rings is 1. The highest BCUT2D eigenvalue weighted by atomic mass is 32.2. The zero-order valence-corrected chi connectivity index (χ0v) is 19.3. The average molecular weight is 500 g/mol. The number of hydrogen-bond acceptors (Lipinski definition) is 8. The summed E-state index contributed by atoms with van der Waals surface area (Å²) in [6.45, 7) is 0.789. The molecule has 8 nitrogen and oxygen atoms in total. The molecule has 5 rings (SSSR count). The molecule has 4 heterocycles. The van der Waals surface area contributed by atoms with E-state index in [1.54, 1.807) is 0 Å². The van der Waals surface area contributed by atoms with Crippen molar-refractivity contribution >= 4 is 50.3 Å². The molecule has 0 radical (unpaired) electrons. The predicted molar refractivity (Wildman–Crippen MR) is 123 cm³/mol. The number of Topliss-reactive ketones (excluding diaryl/α,β-unsaturated/α-hetero) is 1. The molecule has 0 bridgehead atoms. The number of halogens is 1. The molecule has 11 heteroatoms. The lowest BCUT2D eigenvalue weighted by molar-refractivity contribution is -0.118. The Labute approximate surface area is 198 Å². The first-order valence-electron chi connectivity index (χ1n) is 10.4. The number of benzene rings is 1. The Kier molecular flexibility index (Phi) is 5.53. The molecule has 1 aromatic carbocycles. The van der Waals surface area contributed by atoms with E-state index < -0.39 is 38.3 Å². The van der Waals surface area contributed by atoms with Crippen LogP contribution in [0.2, 0.25) is 0 Å². The molecule has 0 fully saturated rings. The van der Waals surface area contributed by atoms with E-state index in [-0.39, 0.29) is 22.9 Å². The van der Waals surface area contributed by atoms with Crippen molar-refractivity contribution in [3.63, 3.8) is 0 Å². The first kappa shape index (κ1) is 22.4. The van der Waals surface area contributed by atoms with Gasteiger partial charge in [-0.1, -0.05) is 17.4 Å². The summed E-state index contributed by atoms with van der Waals surface area (Å²) in [5.41, 5.74) is 3.56. The number of hydrogen-bond donors (Lipinski definition) is 1. The minimum Gasteiger partial charge on any atom is -0.384 e. The van der Waals surface area contributed by atoms with E-state index >= 15 is 0 Å². The molecule has 3 aromatic rings. The van der Waals surface area contributed by atoms with Crippen molar-refractivity contribution < 1.29 is 27.2 Å². The second kappa shape index (κ2) is 8.41. The summed E-state index contributed by atoms with van der Waals surface area (Å²) in [6, 6.07) is 8.83. The second-order valence-corrected chi connectivity index (χ2v) is 11.4. The molecule has 0 spiro atoms. The number of anilines is 2. The largest absolute Gasteiger partial charge is 0.384 e. The summed E-state index contributed by atoms with van der Waals surface area (Å²) in [7, 11) is -3.92. The van der Waals surface area contributed by atoms with Gasteiger partial charge in [0.05, 0.1) is 6.42 Å². The average Bonchev–Trinajstić information content (AvgIpc) is 3.42. The lowest BCUT2D eigenvalue weighted by atomic mass is 9.95. The maximum atomic E-state index is 13.1. The Hall–Kier alpha value is -3.44. The van der Waals surface area contributed by atoms with Gasteiger partial charge >= 0.3 is 0 Å². The zero-order chi connectivity index (χ0) is 24.0. The summed E-state index contributed by atoms with van der Waals surface area (Å²) < 4.78 is 37.5. The molecule has 0 atom stereocenters. The van der Waals surface area contributed by atoms with Crippen molar-refractivity contribution in [3.05, 3.63) is 70.0 Å². The summed E-state index contributed by atoms with van der Waals surface area (Å²) >= 11 is 0.471. The van der Waals surface area contributed by atoms with Crippen LogP contribution in [0.1, 0.15) is 27.0 Å². The normalized spacial score (nSPS) is 15.1. The number of imide groups is 1. The molecule has 174 valence electrons. The third-order valence-corrected chi connectivity index (χ3v) is 8.84. The number of ketones is 1. The Morgan fingerprint density at radius 2 is 1.97 bits per heavy atom. The third-order valence-electron chi connectivity index (χ3n) is 5.71. The maximum absolute atomic E-state index is 13.1.